The first kappa shape index (κ1) is 17.3. The monoisotopic (exact) mass is 348 g/mol. The first-order valence-electron chi connectivity index (χ1n) is 7.81. The van der Waals surface area contributed by atoms with Crippen molar-refractivity contribution in [2.75, 3.05) is 19.0 Å². The van der Waals surface area contributed by atoms with Crippen molar-refractivity contribution in [2.24, 2.45) is 0 Å². The van der Waals surface area contributed by atoms with Gasteiger partial charge in [0.2, 0.25) is 0 Å². The summed E-state index contributed by atoms with van der Waals surface area (Å²) in [7, 11) is 1.58. The van der Waals surface area contributed by atoms with Crippen LogP contribution in [0.4, 0.5) is 10.5 Å². The van der Waals surface area contributed by atoms with Gasteiger partial charge in [0.1, 0.15) is 17.9 Å². The SMILES string of the molecule is COCc1cn(C[C@H]2OC[C@H](O)[C@H]2NC(=O)Nc2cccnc2)nn1. The number of anilines is 1. The van der Waals surface area contributed by atoms with Gasteiger partial charge in [0.15, 0.2) is 0 Å². The second-order valence-corrected chi connectivity index (χ2v) is 5.67. The maximum atomic E-state index is 12.1. The number of hydrogen-bond acceptors (Lipinski definition) is 7. The first-order valence-corrected chi connectivity index (χ1v) is 7.81. The molecule has 10 heteroatoms. The highest BCUT2D eigenvalue weighted by Gasteiger charge is 2.37. The summed E-state index contributed by atoms with van der Waals surface area (Å²) in [6.45, 7) is 0.858. The molecule has 0 saturated carbocycles. The fourth-order valence-corrected chi connectivity index (χ4v) is 2.61. The van der Waals surface area contributed by atoms with Gasteiger partial charge in [0.25, 0.3) is 0 Å². The minimum absolute atomic E-state index is 0.141. The van der Waals surface area contributed by atoms with Crippen molar-refractivity contribution in [3.05, 3.63) is 36.4 Å². The zero-order valence-corrected chi connectivity index (χ0v) is 13.7. The maximum Gasteiger partial charge on any atom is 0.319 e. The number of amides is 2. The van der Waals surface area contributed by atoms with Gasteiger partial charge in [-0.25, -0.2) is 9.48 Å². The molecule has 0 aliphatic carbocycles. The minimum Gasteiger partial charge on any atom is -0.388 e. The Balaban J connectivity index is 1.59. The number of ether oxygens (including phenoxy) is 2. The summed E-state index contributed by atoms with van der Waals surface area (Å²) >= 11 is 0. The van der Waals surface area contributed by atoms with Crippen LogP contribution in [0.15, 0.2) is 30.7 Å². The molecular formula is C15H20N6O4. The molecule has 2 aromatic rings. The predicted octanol–water partition coefficient (Wildman–Crippen LogP) is -0.231. The smallest absolute Gasteiger partial charge is 0.319 e. The Bertz CT molecular complexity index is 694. The van der Waals surface area contributed by atoms with Crippen LogP contribution in [0, 0.1) is 0 Å². The van der Waals surface area contributed by atoms with Gasteiger partial charge < -0.3 is 25.2 Å². The minimum atomic E-state index is -0.799. The number of carbonyl (C=O) groups excluding carboxylic acids is 1. The number of aromatic nitrogens is 4. The first-order chi connectivity index (χ1) is 12.2. The highest BCUT2D eigenvalue weighted by atomic mass is 16.5. The van der Waals surface area contributed by atoms with E-state index in [9.17, 15) is 9.90 Å². The van der Waals surface area contributed by atoms with Gasteiger partial charge in [0, 0.05) is 13.3 Å². The molecule has 0 unspecified atom stereocenters. The number of nitrogens with one attached hydrogen (secondary N) is 2. The zero-order chi connectivity index (χ0) is 17.6. The summed E-state index contributed by atoms with van der Waals surface area (Å²) in [5.41, 5.74) is 1.25. The molecule has 134 valence electrons. The van der Waals surface area contributed by atoms with Gasteiger partial charge >= 0.3 is 6.03 Å². The van der Waals surface area contributed by atoms with Gasteiger partial charge in [-0.05, 0) is 12.1 Å². The molecular weight excluding hydrogens is 328 g/mol. The van der Waals surface area contributed by atoms with Crippen LogP contribution >= 0.6 is 0 Å². The standard InChI is InChI=1S/C15H20N6O4/c1-24-8-11-6-21(20-19-11)7-13-14(12(22)9-25-13)18-15(23)17-10-3-2-4-16-5-10/h2-6,12-14,22H,7-9H2,1H3,(H2,17,18,23)/t12-,13+,14+/m0/s1. The molecule has 10 nitrogen and oxygen atoms in total. The van der Waals surface area contributed by atoms with E-state index in [1.54, 1.807) is 36.3 Å². The molecule has 3 rings (SSSR count). The molecule has 0 aromatic carbocycles. The van der Waals surface area contributed by atoms with Crippen molar-refractivity contribution in [3.63, 3.8) is 0 Å². The van der Waals surface area contributed by atoms with E-state index in [-0.39, 0.29) is 6.61 Å². The molecule has 2 aromatic heterocycles. The highest BCUT2D eigenvalue weighted by molar-refractivity contribution is 5.89. The lowest BCUT2D eigenvalue weighted by atomic mass is 10.1. The molecule has 1 saturated heterocycles. The quantitative estimate of drug-likeness (QED) is 0.659. The number of urea groups is 1. The molecule has 1 aliphatic heterocycles. The van der Waals surface area contributed by atoms with E-state index >= 15 is 0 Å². The summed E-state index contributed by atoms with van der Waals surface area (Å²) in [5, 5.41) is 23.5. The maximum absolute atomic E-state index is 12.1. The second kappa shape index (κ2) is 8.01. The summed E-state index contributed by atoms with van der Waals surface area (Å²) in [6, 6.07) is 2.44. The summed E-state index contributed by atoms with van der Waals surface area (Å²) < 4.78 is 12.2. The molecule has 25 heavy (non-hydrogen) atoms. The summed E-state index contributed by atoms with van der Waals surface area (Å²) in [5.74, 6) is 0. The van der Waals surface area contributed by atoms with E-state index in [0.29, 0.717) is 24.5 Å². The van der Waals surface area contributed by atoms with Gasteiger partial charge in [-0.3, -0.25) is 4.98 Å². The fourth-order valence-electron chi connectivity index (χ4n) is 2.61. The molecule has 3 N–H and O–H groups in total. The van der Waals surface area contributed by atoms with Crippen molar-refractivity contribution in [3.8, 4) is 0 Å². The van der Waals surface area contributed by atoms with E-state index in [1.807, 2.05) is 0 Å². The van der Waals surface area contributed by atoms with Crippen molar-refractivity contribution >= 4 is 11.7 Å². The number of pyridine rings is 1. The normalized spacial score (nSPS) is 22.7. The van der Waals surface area contributed by atoms with E-state index in [2.05, 4.69) is 25.9 Å². The molecule has 0 bridgehead atoms. The van der Waals surface area contributed by atoms with Gasteiger partial charge in [-0.15, -0.1) is 5.10 Å². The lowest BCUT2D eigenvalue weighted by Crippen LogP contribution is -2.49. The lowest BCUT2D eigenvalue weighted by molar-refractivity contribution is 0.0748. The molecule has 2 amide bonds. The Hall–Kier alpha value is -2.56. The van der Waals surface area contributed by atoms with E-state index in [1.165, 1.54) is 6.20 Å². The third-order valence-electron chi connectivity index (χ3n) is 3.76. The Morgan fingerprint density at radius 3 is 3.20 bits per heavy atom. The third-order valence-corrected chi connectivity index (χ3v) is 3.76. The van der Waals surface area contributed by atoms with Crippen molar-refractivity contribution < 1.29 is 19.4 Å². The molecule has 1 fully saturated rings. The van der Waals surface area contributed by atoms with E-state index < -0.39 is 24.3 Å². The van der Waals surface area contributed by atoms with Crippen LogP contribution in [0.1, 0.15) is 5.69 Å². The second-order valence-electron chi connectivity index (χ2n) is 5.67. The number of aliphatic hydroxyl groups excluding tert-OH is 1. The van der Waals surface area contributed by atoms with Crippen LogP contribution in [0.5, 0.6) is 0 Å². The Morgan fingerprint density at radius 1 is 1.56 bits per heavy atom. The predicted molar refractivity (Wildman–Crippen MR) is 86.7 cm³/mol. The van der Waals surface area contributed by atoms with Crippen molar-refractivity contribution in [1.82, 2.24) is 25.3 Å². The van der Waals surface area contributed by atoms with E-state index in [0.717, 1.165) is 0 Å². The van der Waals surface area contributed by atoms with Crippen molar-refractivity contribution in [1.29, 1.82) is 0 Å². The highest BCUT2D eigenvalue weighted by Crippen LogP contribution is 2.17. The van der Waals surface area contributed by atoms with Gasteiger partial charge in [-0.2, -0.15) is 0 Å². The average Bonchev–Trinajstić information content (AvgIpc) is 3.18. The van der Waals surface area contributed by atoms with Crippen LogP contribution < -0.4 is 10.6 Å². The average molecular weight is 348 g/mol. The fraction of sp³-hybridized carbons (Fsp3) is 0.467. The van der Waals surface area contributed by atoms with Crippen LogP contribution in [0.3, 0.4) is 0 Å². The summed E-state index contributed by atoms with van der Waals surface area (Å²) in [6.07, 6.45) is 3.66. The molecule has 0 radical (unpaired) electrons. The molecule has 3 atom stereocenters. The molecule has 0 spiro atoms. The number of methoxy groups -OCH3 is 1. The summed E-state index contributed by atoms with van der Waals surface area (Å²) in [4.78, 5) is 16.1. The topological polar surface area (TPSA) is 123 Å². The molecule has 3 heterocycles. The van der Waals surface area contributed by atoms with Crippen LogP contribution in [0.2, 0.25) is 0 Å². The number of rotatable bonds is 6. The number of hydrogen-bond donors (Lipinski definition) is 3. The third kappa shape index (κ3) is 4.50. The van der Waals surface area contributed by atoms with E-state index in [4.69, 9.17) is 9.47 Å². The Morgan fingerprint density at radius 2 is 2.44 bits per heavy atom. The molecule has 1 aliphatic rings. The number of aliphatic hydroxyl groups is 1. The number of nitrogens with zero attached hydrogens (tertiary/aromatic N) is 4. The Kier molecular flexibility index (Phi) is 5.53. The Labute approximate surface area is 144 Å². The van der Waals surface area contributed by atoms with Crippen LogP contribution in [0.25, 0.3) is 0 Å². The largest absolute Gasteiger partial charge is 0.388 e. The van der Waals surface area contributed by atoms with Crippen LogP contribution in [-0.4, -0.2) is 63.1 Å². The number of carbonyl (C=O) groups is 1. The lowest BCUT2D eigenvalue weighted by Gasteiger charge is -2.21. The van der Waals surface area contributed by atoms with Crippen molar-refractivity contribution in [2.45, 2.75) is 31.4 Å². The van der Waals surface area contributed by atoms with Gasteiger partial charge in [-0.1, -0.05) is 5.21 Å². The zero-order valence-electron chi connectivity index (χ0n) is 13.7. The van der Waals surface area contributed by atoms with Crippen LogP contribution in [-0.2, 0) is 22.6 Å². The van der Waals surface area contributed by atoms with Gasteiger partial charge in [0.05, 0.1) is 43.9 Å².